The maximum Gasteiger partial charge on any atom is 0.229 e. The van der Waals surface area contributed by atoms with Crippen molar-refractivity contribution in [3.63, 3.8) is 0 Å². The minimum absolute atomic E-state index is 0.205. The van der Waals surface area contributed by atoms with Crippen LogP contribution in [0.1, 0.15) is 30.5 Å². The molecule has 18 heavy (non-hydrogen) atoms. The van der Waals surface area contributed by atoms with E-state index in [9.17, 15) is 4.79 Å². The Morgan fingerprint density at radius 1 is 1.28 bits per heavy atom. The maximum atomic E-state index is 12.3. The number of nitrogens with one attached hydrogen (secondary N) is 2. The van der Waals surface area contributed by atoms with Crippen molar-refractivity contribution in [1.29, 1.82) is 0 Å². The Morgan fingerprint density at radius 3 is 2.50 bits per heavy atom. The van der Waals surface area contributed by atoms with Crippen LogP contribution in [0, 0.1) is 43.4 Å². The van der Waals surface area contributed by atoms with Crippen LogP contribution >= 0.6 is 0 Å². The van der Waals surface area contributed by atoms with Crippen LogP contribution in [-0.2, 0) is 4.79 Å². The molecule has 0 saturated heterocycles. The zero-order chi connectivity index (χ0) is 12.4. The maximum absolute atomic E-state index is 12.3. The molecule has 0 radical (unpaired) electrons. The summed E-state index contributed by atoms with van der Waals surface area (Å²) in [5, 5.41) is 10.1. The molecule has 0 aromatic carbocycles. The third kappa shape index (κ3) is 1.26. The van der Waals surface area contributed by atoms with Crippen molar-refractivity contribution in [3.8, 4) is 0 Å². The molecule has 4 unspecified atom stereocenters. The van der Waals surface area contributed by atoms with Crippen LogP contribution in [0.15, 0.2) is 0 Å². The molecule has 2 bridgehead atoms. The van der Waals surface area contributed by atoms with Gasteiger partial charge in [0.2, 0.25) is 5.91 Å². The Kier molecular flexibility index (Phi) is 1.98. The standard InChI is InChI=1S/C14H19N3O/c1-6-7(2)16-17-13(6)15-14(18)12-10-8-3-4-9(5-8)11(10)12/h8-12H,3-5H2,1-2H3,(H2,15,16,17,18). The molecule has 1 aromatic rings. The molecule has 1 heterocycles. The van der Waals surface area contributed by atoms with E-state index in [0.717, 1.165) is 28.9 Å². The van der Waals surface area contributed by atoms with Crippen LogP contribution in [0.25, 0.3) is 0 Å². The number of aromatic amines is 1. The number of amides is 1. The van der Waals surface area contributed by atoms with Gasteiger partial charge in [-0.1, -0.05) is 0 Å². The predicted octanol–water partition coefficient (Wildman–Crippen LogP) is 2.26. The van der Waals surface area contributed by atoms with E-state index in [1.807, 2.05) is 13.8 Å². The third-order valence-corrected chi connectivity index (χ3v) is 5.53. The smallest absolute Gasteiger partial charge is 0.229 e. The summed E-state index contributed by atoms with van der Waals surface area (Å²) < 4.78 is 0. The Labute approximate surface area is 107 Å². The molecular formula is C14H19N3O. The number of fused-ring (bicyclic) bond motifs is 5. The zero-order valence-electron chi connectivity index (χ0n) is 10.9. The first-order valence-corrected chi connectivity index (χ1v) is 6.99. The van der Waals surface area contributed by atoms with Crippen molar-refractivity contribution < 1.29 is 4.79 Å². The van der Waals surface area contributed by atoms with E-state index in [0.29, 0.717) is 11.8 Å². The number of nitrogens with zero attached hydrogens (tertiary/aromatic N) is 1. The summed E-state index contributed by atoms with van der Waals surface area (Å²) in [6.45, 7) is 3.97. The number of carbonyl (C=O) groups excluding carboxylic acids is 1. The fourth-order valence-corrected chi connectivity index (χ4v) is 4.48. The Hall–Kier alpha value is -1.32. The van der Waals surface area contributed by atoms with E-state index >= 15 is 0 Å². The highest BCUT2D eigenvalue weighted by Gasteiger charge is 2.67. The summed E-state index contributed by atoms with van der Waals surface area (Å²) in [6.07, 6.45) is 4.10. The van der Waals surface area contributed by atoms with Gasteiger partial charge in [-0.2, -0.15) is 5.10 Å². The minimum Gasteiger partial charge on any atom is -0.309 e. The van der Waals surface area contributed by atoms with Gasteiger partial charge in [0.05, 0.1) is 0 Å². The fraction of sp³-hybridized carbons (Fsp3) is 0.714. The monoisotopic (exact) mass is 245 g/mol. The molecule has 1 amide bonds. The molecule has 4 nitrogen and oxygen atoms in total. The molecule has 3 aliphatic carbocycles. The quantitative estimate of drug-likeness (QED) is 0.839. The molecule has 0 spiro atoms. The first kappa shape index (κ1) is 10.6. The van der Waals surface area contributed by atoms with Crippen molar-refractivity contribution in [2.24, 2.45) is 29.6 Å². The van der Waals surface area contributed by atoms with Gasteiger partial charge < -0.3 is 5.32 Å². The highest BCUT2D eigenvalue weighted by molar-refractivity contribution is 5.95. The normalized spacial score (nSPS) is 39.8. The lowest BCUT2D eigenvalue weighted by atomic mass is 10.0. The van der Waals surface area contributed by atoms with Gasteiger partial charge in [0.15, 0.2) is 5.82 Å². The van der Waals surface area contributed by atoms with Crippen LogP contribution in [-0.4, -0.2) is 16.1 Å². The molecule has 4 atom stereocenters. The second-order valence-corrected chi connectivity index (χ2v) is 6.33. The van der Waals surface area contributed by atoms with Crippen LogP contribution < -0.4 is 5.32 Å². The van der Waals surface area contributed by atoms with E-state index in [1.54, 1.807) is 0 Å². The number of rotatable bonds is 2. The number of anilines is 1. The number of hydrogen-bond donors (Lipinski definition) is 2. The van der Waals surface area contributed by atoms with Gasteiger partial charge in [-0.05, 0) is 56.8 Å². The highest BCUT2D eigenvalue weighted by Crippen LogP contribution is 2.69. The summed E-state index contributed by atoms with van der Waals surface area (Å²) in [5.41, 5.74) is 2.08. The van der Waals surface area contributed by atoms with Crippen LogP contribution in [0.5, 0.6) is 0 Å². The van der Waals surface area contributed by atoms with Gasteiger partial charge in [0, 0.05) is 17.2 Å². The Balaban J connectivity index is 1.48. The topological polar surface area (TPSA) is 57.8 Å². The first-order valence-electron chi connectivity index (χ1n) is 6.99. The second-order valence-electron chi connectivity index (χ2n) is 6.33. The lowest BCUT2D eigenvalue weighted by Gasteiger charge is -2.08. The molecule has 96 valence electrons. The van der Waals surface area contributed by atoms with E-state index in [1.165, 1.54) is 19.3 Å². The van der Waals surface area contributed by atoms with Gasteiger partial charge in [-0.3, -0.25) is 9.89 Å². The van der Waals surface area contributed by atoms with Gasteiger partial charge in [-0.15, -0.1) is 0 Å². The summed E-state index contributed by atoms with van der Waals surface area (Å²) in [5.74, 6) is 4.29. The Morgan fingerprint density at radius 2 is 1.94 bits per heavy atom. The lowest BCUT2D eigenvalue weighted by Crippen LogP contribution is -2.19. The number of aryl methyl sites for hydroxylation is 1. The second kappa shape index (κ2) is 3.37. The lowest BCUT2D eigenvalue weighted by molar-refractivity contribution is -0.118. The summed E-state index contributed by atoms with van der Waals surface area (Å²) in [4.78, 5) is 12.3. The van der Waals surface area contributed by atoms with E-state index in [-0.39, 0.29) is 11.8 Å². The number of aromatic nitrogens is 2. The molecule has 4 heteroatoms. The molecule has 3 saturated carbocycles. The molecule has 0 aliphatic heterocycles. The fourth-order valence-electron chi connectivity index (χ4n) is 4.48. The van der Waals surface area contributed by atoms with E-state index < -0.39 is 0 Å². The van der Waals surface area contributed by atoms with Crippen molar-refractivity contribution in [3.05, 3.63) is 11.3 Å². The van der Waals surface area contributed by atoms with Gasteiger partial charge in [0.25, 0.3) is 0 Å². The average molecular weight is 245 g/mol. The van der Waals surface area contributed by atoms with Crippen molar-refractivity contribution in [1.82, 2.24) is 10.2 Å². The van der Waals surface area contributed by atoms with Crippen LogP contribution in [0.4, 0.5) is 5.82 Å². The minimum atomic E-state index is 0.205. The van der Waals surface area contributed by atoms with Gasteiger partial charge in [-0.25, -0.2) is 0 Å². The molecule has 1 aromatic heterocycles. The molecule has 4 rings (SSSR count). The van der Waals surface area contributed by atoms with Crippen LogP contribution in [0.3, 0.4) is 0 Å². The molecule has 3 fully saturated rings. The number of H-pyrrole nitrogens is 1. The molecule has 3 aliphatic rings. The van der Waals surface area contributed by atoms with Crippen molar-refractivity contribution in [2.45, 2.75) is 33.1 Å². The van der Waals surface area contributed by atoms with Gasteiger partial charge >= 0.3 is 0 Å². The zero-order valence-corrected chi connectivity index (χ0v) is 10.9. The largest absolute Gasteiger partial charge is 0.309 e. The third-order valence-electron chi connectivity index (χ3n) is 5.53. The van der Waals surface area contributed by atoms with Crippen molar-refractivity contribution in [2.75, 3.05) is 5.32 Å². The summed E-state index contributed by atoms with van der Waals surface area (Å²) >= 11 is 0. The number of hydrogen-bond acceptors (Lipinski definition) is 2. The summed E-state index contributed by atoms with van der Waals surface area (Å²) in [6, 6.07) is 0. The predicted molar refractivity (Wildman–Crippen MR) is 68.0 cm³/mol. The van der Waals surface area contributed by atoms with Gasteiger partial charge in [0.1, 0.15) is 0 Å². The number of carbonyl (C=O) groups is 1. The average Bonchev–Trinajstić information content (AvgIpc) is 2.63. The SMILES string of the molecule is Cc1[nH]nc(NC(=O)C2C3C4CCC(C4)C23)c1C. The van der Waals surface area contributed by atoms with E-state index in [4.69, 9.17) is 0 Å². The summed E-state index contributed by atoms with van der Waals surface area (Å²) in [7, 11) is 0. The highest BCUT2D eigenvalue weighted by atomic mass is 16.2. The van der Waals surface area contributed by atoms with E-state index in [2.05, 4.69) is 15.5 Å². The molecule has 2 N–H and O–H groups in total. The Bertz CT molecular complexity index is 505. The van der Waals surface area contributed by atoms with Crippen molar-refractivity contribution >= 4 is 11.7 Å². The first-order chi connectivity index (χ1) is 8.66. The van der Waals surface area contributed by atoms with Crippen LogP contribution in [0.2, 0.25) is 0 Å². The molecular weight excluding hydrogens is 226 g/mol.